The van der Waals surface area contributed by atoms with E-state index in [0.29, 0.717) is 28.4 Å². The van der Waals surface area contributed by atoms with Crippen LogP contribution in [0.2, 0.25) is 10.0 Å². The molecule has 3 rings (SSSR count). The molecule has 9 heteroatoms. The van der Waals surface area contributed by atoms with Gasteiger partial charge in [0, 0.05) is 17.3 Å². The molecule has 6 nitrogen and oxygen atoms in total. The van der Waals surface area contributed by atoms with Crippen molar-refractivity contribution in [2.24, 2.45) is 0 Å². The predicted octanol–water partition coefficient (Wildman–Crippen LogP) is 5.18. The number of nitrogens with one attached hydrogen (secondary N) is 1. The summed E-state index contributed by atoms with van der Waals surface area (Å²) in [5.74, 6) is -0.114. The minimum Gasteiger partial charge on any atom is -0.495 e. The highest BCUT2D eigenvalue weighted by molar-refractivity contribution is 7.89. The average molecular weight is 507 g/mol. The van der Waals surface area contributed by atoms with Crippen LogP contribution in [0.5, 0.6) is 5.75 Å². The van der Waals surface area contributed by atoms with Crippen molar-refractivity contribution in [2.75, 3.05) is 25.5 Å². The van der Waals surface area contributed by atoms with Gasteiger partial charge in [0.1, 0.15) is 5.75 Å². The second kappa shape index (κ2) is 11.0. The van der Waals surface area contributed by atoms with Crippen molar-refractivity contribution in [1.82, 2.24) is 4.31 Å². The number of ether oxygens (including phenoxy) is 1. The van der Waals surface area contributed by atoms with E-state index in [-0.39, 0.29) is 23.0 Å². The summed E-state index contributed by atoms with van der Waals surface area (Å²) in [7, 11) is -2.57. The summed E-state index contributed by atoms with van der Waals surface area (Å²) in [5.41, 5.74) is 2.19. The van der Waals surface area contributed by atoms with Crippen LogP contribution in [0, 0.1) is 6.92 Å². The van der Waals surface area contributed by atoms with Gasteiger partial charge in [0.05, 0.1) is 23.6 Å². The van der Waals surface area contributed by atoms with Crippen LogP contribution in [0.3, 0.4) is 0 Å². The van der Waals surface area contributed by atoms with Gasteiger partial charge in [-0.1, -0.05) is 59.6 Å². The quantitative estimate of drug-likeness (QED) is 0.433. The lowest BCUT2D eigenvalue weighted by Gasteiger charge is -2.22. The van der Waals surface area contributed by atoms with E-state index >= 15 is 0 Å². The van der Waals surface area contributed by atoms with Gasteiger partial charge >= 0.3 is 0 Å². The van der Waals surface area contributed by atoms with Gasteiger partial charge in [-0.3, -0.25) is 4.79 Å². The number of rotatable bonds is 9. The predicted molar refractivity (Wildman–Crippen MR) is 132 cm³/mol. The lowest BCUT2D eigenvalue weighted by molar-refractivity contribution is -0.116. The molecule has 0 atom stereocenters. The molecule has 0 radical (unpaired) electrons. The summed E-state index contributed by atoms with van der Waals surface area (Å²) in [6.45, 7) is 1.52. The Morgan fingerprint density at radius 1 is 1.00 bits per heavy atom. The minimum absolute atomic E-state index is 0.0203. The maximum atomic E-state index is 13.4. The third kappa shape index (κ3) is 6.26. The summed E-state index contributed by atoms with van der Waals surface area (Å²) in [6.07, 6.45) is 0.438. The summed E-state index contributed by atoms with van der Waals surface area (Å²) in [4.78, 5) is 12.8. The Kier molecular flexibility index (Phi) is 8.37. The maximum Gasteiger partial charge on any atom is 0.243 e. The van der Waals surface area contributed by atoms with Crippen LogP contribution < -0.4 is 10.1 Å². The van der Waals surface area contributed by atoms with Crippen LogP contribution in [-0.2, 0) is 21.2 Å². The molecule has 174 valence electrons. The SMILES string of the molecule is COc1ccc(S(=O)(=O)N(CCc2ccccc2)CC(=O)Nc2cccc(Cl)c2C)cc1Cl. The lowest BCUT2D eigenvalue weighted by atomic mass is 10.1. The Bertz CT molecular complexity index is 1230. The summed E-state index contributed by atoms with van der Waals surface area (Å²) < 4.78 is 33.1. The third-order valence-electron chi connectivity index (χ3n) is 5.12. The zero-order valence-electron chi connectivity index (χ0n) is 18.2. The molecule has 1 N–H and O–H groups in total. The van der Waals surface area contributed by atoms with Gasteiger partial charge in [0.15, 0.2) is 0 Å². The molecule has 0 spiro atoms. The smallest absolute Gasteiger partial charge is 0.243 e. The zero-order valence-corrected chi connectivity index (χ0v) is 20.5. The van der Waals surface area contributed by atoms with Gasteiger partial charge in [0.2, 0.25) is 15.9 Å². The van der Waals surface area contributed by atoms with Crippen molar-refractivity contribution in [2.45, 2.75) is 18.2 Å². The van der Waals surface area contributed by atoms with Crippen molar-refractivity contribution >= 4 is 44.8 Å². The first-order chi connectivity index (χ1) is 15.7. The Labute approximate surface area is 204 Å². The van der Waals surface area contributed by atoms with Gasteiger partial charge in [-0.05, 0) is 54.8 Å². The topological polar surface area (TPSA) is 75.7 Å². The first-order valence-electron chi connectivity index (χ1n) is 10.1. The molecule has 0 saturated heterocycles. The number of benzene rings is 3. The molecule has 0 heterocycles. The molecule has 0 aliphatic rings. The number of amides is 1. The summed E-state index contributed by atoms with van der Waals surface area (Å²) >= 11 is 12.3. The number of methoxy groups -OCH3 is 1. The van der Waals surface area contributed by atoms with E-state index in [2.05, 4.69) is 5.32 Å². The minimum atomic E-state index is -4.02. The van der Waals surface area contributed by atoms with E-state index in [9.17, 15) is 13.2 Å². The van der Waals surface area contributed by atoms with Crippen LogP contribution in [0.25, 0.3) is 0 Å². The van der Waals surface area contributed by atoms with Gasteiger partial charge < -0.3 is 10.1 Å². The number of carbonyl (C=O) groups is 1. The van der Waals surface area contributed by atoms with Crippen LogP contribution in [0.15, 0.2) is 71.6 Å². The Balaban J connectivity index is 1.87. The van der Waals surface area contributed by atoms with Crippen LogP contribution >= 0.6 is 23.2 Å². The molecule has 1 amide bonds. The second-order valence-electron chi connectivity index (χ2n) is 7.33. The zero-order chi connectivity index (χ0) is 24.0. The molecule has 0 aliphatic carbocycles. The molecule has 33 heavy (non-hydrogen) atoms. The fourth-order valence-corrected chi connectivity index (χ4v) is 5.15. The molecule has 0 unspecified atom stereocenters. The Morgan fingerprint density at radius 3 is 2.39 bits per heavy atom. The van der Waals surface area contributed by atoms with Crippen molar-refractivity contribution < 1.29 is 17.9 Å². The van der Waals surface area contributed by atoms with Gasteiger partial charge in [0.25, 0.3) is 0 Å². The van der Waals surface area contributed by atoms with Gasteiger partial charge in [-0.15, -0.1) is 0 Å². The van der Waals surface area contributed by atoms with Crippen molar-refractivity contribution in [3.8, 4) is 5.75 Å². The highest BCUT2D eigenvalue weighted by Gasteiger charge is 2.27. The molecule has 0 bridgehead atoms. The van der Waals surface area contributed by atoms with Crippen LogP contribution in [0.1, 0.15) is 11.1 Å². The Hall–Kier alpha value is -2.58. The van der Waals surface area contributed by atoms with E-state index < -0.39 is 15.9 Å². The highest BCUT2D eigenvalue weighted by atomic mass is 35.5. The number of halogens is 2. The maximum absolute atomic E-state index is 13.4. The third-order valence-corrected chi connectivity index (χ3v) is 7.66. The number of anilines is 1. The van der Waals surface area contributed by atoms with Crippen molar-refractivity contribution in [1.29, 1.82) is 0 Å². The normalized spacial score (nSPS) is 11.4. The van der Waals surface area contributed by atoms with E-state index in [1.54, 1.807) is 25.1 Å². The highest BCUT2D eigenvalue weighted by Crippen LogP contribution is 2.29. The van der Waals surface area contributed by atoms with Crippen molar-refractivity contribution in [3.05, 3.63) is 87.9 Å². The molecular formula is C24H24Cl2N2O4S. The number of sulfonamides is 1. The van der Waals surface area contributed by atoms with Crippen LogP contribution in [0.4, 0.5) is 5.69 Å². The summed E-state index contributed by atoms with van der Waals surface area (Å²) in [5, 5.41) is 3.43. The fourth-order valence-electron chi connectivity index (χ4n) is 3.23. The number of carbonyl (C=O) groups excluding carboxylic acids is 1. The Morgan fingerprint density at radius 2 is 1.73 bits per heavy atom. The average Bonchev–Trinajstić information content (AvgIpc) is 2.80. The van der Waals surface area contributed by atoms with Crippen LogP contribution in [-0.4, -0.2) is 38.8 Å². The molecule has 3 aromatic rings. The van der Waals surface area contributed by atoms with E-state index in [0.717, 1.165) is 9.87 Å². The number of hydrogen-bond donors (Lipinski definition) is 1. The monoisotopic (exact) mass is 506 g/mol. The first-order valence-corrected chi connectivity index (χ1v) is 12.3. The van der Waals surface area contributed by atoms with E-state index in [1.165, 1.54) is 25.3 Å². The summed E-state index contributed by atoms with van der Waals surface area (Å²) in [6, 6.07) is 18.8. The van der Waals surface area contributed by atoms with Gasteiger partial charge in [-0.25, -0.2) is 8.42 Å². The molecule has 0 aliphatic heterocycles. The van der Waals surface area contributed by atoms with E-state index in [1.807, 2.05) is 30.3 Å². The fraction of sp³-hybridized carbons (Fsp3) is 0.208. The first kappa shape index (κ1) is 25.1. The number of hydrogen-bond acceptors (Lipinski definition) is 4. The molecular weight excluding hydrogens is 483 g/mol. The van der Waals surface area contributed by atoms with Gasteiger partial charge in [-0.2, -0.15) is 4.31 Å². The van der Waals surface area contributed by atoms with E-state index in [4.69, 9.17) is 27.9 Å². The molecule has 0 fully saturated rings. The lowest BCUT2D eigenvalue weighted by Crippen LogP contribution is -2.39. The largest absolute Gasteiger partial charge is 0.495 e. The van der Waals surface area contributed by atoms with Crippen molar-refractivity contribution in [3.63, 3.8) is 0 Å². The second-order valence-corrected chi connectivity index (χ2v) is 10.1. The molecule has 0 aromatic heterocycles. The molecule has 3 aromatic carbocycles. The number of nitrogens with zero attached hydrogens (tertiary/aromatic N) is 1. The molecule has 0 saturated carbocycles. The standard InChI is InChI=1S/C24H24Cl2N2O4S/c1-17-20(25)9-6-10-22(17)27-24(29)16-28(14-13-18-7-4-3-5-8-18)33(30,31)19-11-12-23(32-2)21(26)15-19/h3-12,15H,13-14,16H2,1-2H3,(H,27,29).